The van der Waals surface area contributed by atoms with Gasteiger partial charge in [0, 0.05) is 50.5 Å². The number of aromatic nitrogens is 3. The summed E-state index contributed by atoms with van der Waals surface area (Å²) in [4.78, 5) is 40.3. The van der Waals surface area contributed by atoms with Gasteiger partial charge in [0.1, 0.15) is 5.65 Å². The van der Waals surface area contributed by atoms with E-state index < -0.39 is 11.5 Å². The number of rotatable bonds is 6. The second kappa shape index (κ2) is 9.59. The van der Waals surface area contributed by atoms with Crippen LogP contribution in [0.15, 0.2) is 17.1 Å². The molecule has 0 atom stereocenters. The summed E-state index contributed by atoms with van der Waals surface area (Å²) in [5.74, 6) is -0.933. The lowest BCUT2D eigenvalue weighted by Crippen LogP contribution is -2.39. The highest BCUT2D eigenvalue weighted by atomic mass is 16.5. The van der Waals surface area contributed by atoms with E-state index >= 15 is 0 Å². The van der Waals surface area contributed by atoms with Gasteiger partial charge in [-0.1, -0.05) is 0 Å². The largest absolute Gasteiger partial charge is 0.494 e. The van der Waals surface area contributed by atoms with Gasteiger partial charge in [-0.2, -0.15) is 9.61 Å². The number of aromatic hydroxyl groups is 1. The summed E-state index contributed by atoms with van der Waals surface area (Å²) in [5, 5.41) is 18.1. The Kier molecular flexibility index (Phi) is 6.38. The lowest BCUT2D eigenvalue weighted by Gasteiger charge is -2.25. The average molecular weight is 472 g/mol. The summed E-state index contributed by atoms with van der Waals surface area (Å²) < 4.78 is 13.5. The number of amides is 2. The predicted molar refractivity (Wildman–Crippen MR) is 122 cm³/mol. The molecule has 0 radical (unpaired) electrons. The molecule has 11 heteroatoms. The van der Waals surface area contributed by atoms with Gasteiger partial charge in [-0.15, -0.1) is 0 Å². The van der Waals surface area contributed by atoms with Crippen molar-refractivity contribution in [2.45, 2.75) is 38.3 Å². The quantitative estimate of drug-likeness (QED) is 0.584. The van der Waals surface area contributed by atoms with Crippen molar-refractivity contribution in [2.24, 2.45) is 5.92 Å². The molecule has 0 bridgehead atoms. The lowest BCUT2D eigenvalue weighted by atomic mass is 10.00. The van der Waals surface area contributed by atoms with E-state index in [1.54, 1.807) is 15.5 Å². The summed E-state index contributed by atoms with van der Waals surface area (Å²) in [5.41, 5.74) is -0.138. The molecule has 4 heterocycles. The highest BCUT2D eigenvalue weighted by Crippen LogP contribution is 2.27. The van der Waals surface area contributed by atoms with E-state index in [9.17, 15) is 19.5 Å². The molecule has 11 nitrogen and oxygen atoms in total. The zero-order valence-corrected chi connectivity index (χ0v) is 18.9. The maximum absolute atomic E-state index is 13.2. The molecule has 3 fully saturated rings. The number of fused-ring (bicyclic) bond motifs is 1. The first-order valence-electron chi connectivity index (χ1n) is 11.8. The van der Waals surface area contributed by atoms with Crippen molar-refractivity contribution in [1.82, 2.24) is 24.4 Å². The highest BCUT2D eigenvalue weighted by molar-refractivity contribution is 5.97. The van der Waals surface area contributed by atoms with E-state index in [1.807, 2.05) is 0 Å². The van der Waals surface area contributed by atoms with Gasteiger partial charge in [-0.25, -0.2) is 0 Å². The summed E-state index contributed by atoms with van der Waals surface area (Å²) in [6, 6.07) is 0.0354. The molecular weight excluding hydrogens is 442 g/mol. The SMILES string of the molecule is O=C(NC1CC1)c1c(O)n(CC2CCOCC2)c2c(/C=C/C(=O)N3CCOCC3)cnn2c1=O. The minimum Gasteiger partial charge on any atom is -0.494 e. The Labute approximate surface area is 195 Å². The fourth-order valence-electron chi connectivity index (χ4n) is 4.42. The van der Waals surface area contributed by atoms with Crippen LogP contribution in [0.4, 0.5) is 0 Å². The Bertz CT molecular complexity index is 1170. The number of ether oxygens (including phenoxy) is 2. The number of nitrogens with zero attached hydrogens (tertiary/aromatic N) is 4. The minimum atomic E-state index is -0.687. The van der Waals surface area contributed by atoms with Crippen LogP contribution in [-0.2, 0) is 20.8 Å². The number of hydrogen-bond donors (Lipinski definition) is 2. The fourth-order valence-corrected chi connectivity index (χ4v) is 4.42. The maximum Gasteiger partial charge on any atom is 0.291 e. The molecule has 2 aromatic rings. The first-order chi connectivity index (χ1) is 16.5. The van der Waals surface area contributed by atoms with Crippen molar-refractivity contribution in [3.8, 4) is 5.88 Å². The topological polar surface area (TPSA) is 127 Å². The van der Waals surface area contributed by atoms with E-state index in [4.69, 9.17) is 9.47 Å². The van der Waals surface area contributed by atoms with E-state index in [0.717, 1.165) is 30.2 Å². The first-order valence-corrected chi connectivity index (χ1v) is 11.8. The molecule has 0 aromatic carbocycles. The Hall–Kier alpha value is -3.18. The number of carbonyl (C=O) groups excluding carboxylic acids is 2. The van der Waals surface area contributed by atoms with Crippen LogP contribution in [0.5, 0.6) is 5.88 Å². The summed E-state index contributed by atoms with van der Waals surface area (Å²) in [6.07, 6.45) is 7.84. The highest BCUT2D eigenvalue weighted by Gasteiger charge is 2.30. The average Bonchev–Trinajstić information content (AvgIpc) is 3.56. The zero-order chi connectivity index (χ0) is 23.7. The van der Waals surface area contributed by atoms with Crippen molar-refractivity contribution in [3.05, 3.63) is 33.8 Å². The Morgan fingerprint density at radius 1 is 1.12 bits per heavy atom. The molecular formula is C23H29N5O6. The van der Waals surface area contributed by atoms with E-state index in [2.05, 4.69) is 10.4 Å². The Balaban J connectivity index is 1.54. The van der Waals surface area contributed by atoms with Crippen LogP contribution >= 0.6 is 0 Å². The van der Waals surface area contributed by atoms with Crippen LogP contribution in [0.1, 0.15) is 41.6 Å². The second-order valence-electron chi connectivity index (χ2n) is 9.02. The number of nitrogens with one attached hydrogen (secondary N) is 1. The molecule has 2 aromatic heterocycles. The van der Waals surface area contributed by atoms with E-state index in [1.165, 1.54) is 12.3 Å². The number of hydrogen-bond acceptors (Lipinski definition) is 7. The van der Waals surface area contributed by atoms with Gasteiger partial charge in [0.05, 0.1) is 19.4 Å². The minimum absolute atomic E-state index is 0.0354. The van der Waals surface area contributed by atoms with Crippen LogP contribution in [0, 0.1) is 5.92 Å². The molecule has 2 amide bonds. The van der Waals surface area contributed by atoms with Crippen LogP contribution in [0.25, 0.3) is 11.7 Å². The van der Waals surface area contributed by atoms with Gasteiger partial charge in [-0.05, 0) is 37.7 Å². The normalized spacial score (nSPS) is 19.7. The van der Waals surface area contributed by atoms with E-state index in [0.29, 0.717) is 57.3 Å². The first kappa shape index (κ1) is 22.6. The molecule has 0 spiro atoms. The van der Waals surface area contributed by atoms with Gasteiger partial charge >= 0.3 is 0 Å². The van der Waals surface area contributed by atoms with Crippen molar-refractivity contribution < 1.29 is 24.2 Å². The smallest absolute Gasteiger partial charge is 0.291 e. The molecule has 1 saturated carbocycles. The second-order valence-corrected chi connectivity index (χ2v) is 9.02. The maximum atomic E-state index is 13.2. The molecule has 2 saturated heterocycles. The monoisotopic (exact) mass is 471 g/mol. The van der Waals surface area contributed by atoms with Gasteiger partial charge in [0.2, 0.25) is 11.8 Å². The summed E-state index contributed by atoms with van der Waals surface area (Å²) >= 11 is 0. The summed E-state index contributed by atoms with van der Waals surface area (Å²) in [7, 11) is 0. The van der Waals surface area contributed by atoms with Crippen LogP contribution < -0.4 is 10.9 Å². The zero-order valence-electron chi connectivity index (χ0n) is 18.9. The Morgan fingerprint density at radius 2 is 1.82 bits per heavy atom. The molecule has 3 aliphatic rings. The van der Waals surface area contributed by atoms with Crippen LogP contribution in [0.3, 0.4) is 0 Å². The molecule has 182 valence electrons. The van der Waals surface area contributed by atoms with Crippen molar-refractivity contribution in [2.75, 3.05) is 39.5 Å². The molecule has 0 unspecified atom stereocenters. The van der Waals surface area contributed by atoms with Gasteiger partial charge in [0.15, 0.2) is 5.56 Å². The predicted octanol–water partition coefficient (Wildman–Crippen LogP) is 0.392. The van der Waals surface area contributed by atoms with Crippen LogP contribution in [-0.4, -0.2) is 81.6 Å². The number of carbonyl (C=O) groups is 2. The summed E-state index contributed by atoms with van der Waals surface area (Å²) in [6.45, 7) is 3.68. The lowest BCUT2D eigenvalue weighted by molar-refractivity contribution is -0.129. The Morgan fingerprint density at radius 3 is 2.53 bits per heavy atom. The third kappa shape index (κ3) is 4.58. The van der Waals surface area contributed by atoms with E-state index in [-0.39, 0.29) is 29.3 Å². The van der Waals surface area contributed by atoms with Crippen molar-refractivity contribution >= 4 is 23.5 Å². The molecule has 2 N–H and O–H groups in total. The van der Waals surface area contributed by atoms with Crippen LogP contribution in [0.2, 0.25) is 0 Å². The third-order valence-corrected chi connectivity index (χ3v) is 6.56. The third-order valence-electron chi connectivity index (χ3n) is 6.56. The number of morpholine rings is 1. The standard InChI is InChI=1S/C23H29N5O6/c29-18(26-7-11-34-12-8-26)4-1-16-13-24-28-21(16)27(14-15-5-9-33-10-6-15)22(31)19(23(28)32)20(30)25-17-2-3-17/h1,4,13,15,17,31H,2-3,5-12,14H2,(H,25,30)/b4-1+. The molecule has 34 heavy (non-hydrogen) atoms. The van der Waals surface area contributed by atoms with Gasteiger partial charge in [0.25, 0.3) is 11.5 Å². The van der Waals surface area contributed by atoms with Crippen molar-refractivity contribution in [1.29, 1.82) is 0 Å². The fraction of sp³-hybridized carbons (Fsp3) is 0.565. The van der Waals surface area contributed by atoms with Gasteiger partial charge in [-0.3, -0.25) is 19.0 Å². The van der Waals surface area contributed by atoms with Crippen molar-refractivity contribution in [3.63, 3.8) is 0 Å². The molecule has 5 rings (SSSR count). The van der Waals surface area contributed by atoms with Gasteiger partial charge < -0.3 is 24.8 Å². The molecule has 2 aliphatic heterocycles. The molecule has 1 aliphatic carbocycles.